The maximum atomic E-state index is 4.55. The minimum absolute atomic E-state index is 0. The fourth-order valence-electron chi connectivity index (χ4n) is 2.30. The van der Waals surface area contributed by atoms with Crippen LogP contribution < -0.4 is 15.5 Å². The summed E-state index contributed by atoms with van der Waals surface area (Å²) in [7, 11) is 1.79. The van der Waals surface area contributed by atoms with Crippen molar-refractivity contribution in [2.45, 2.75) is 32.7 Å². The summed E-state index contributed by atoms with van der Waals surface area (Å²) in [5.41, 5.74) is 1.17. The highest BCUT2D eigenvalue weighted by molar-refractivity contribution is 14.0. The topological polar surface area (TPSA) is 52.6 Å². The van der Waals surface area contributed by atoms with Gasteiger partial charge < -0.3 is 15.5 Å². The number of aromatic nitrogens is 1. The van der Waals surface area contributed by atoms with Crippen molar-refractivity contribution in [2.75, 3.05) is 31.6 Å². The van der Waals surface area contributed by atoms with Crippen molar-refractivity contribution in [3.8, 4) is 0 Å². The van der Waals surface area contributed by atoms with Crippen molar-refractivity contribution >= 4 is 35.8 Å². The third-order valence-electron chi connectivity index (χ3n) is 3.47. The quantitative estimate of drug-likeness (QED) is 0.451. The van der Waals surface area contributed by atoms with Gasteiger partial charge in [-0.1, -0.05) is 13.0 Å². The number of guanidine groups is 1. The van der Waals surface area contributed by atoms with Crippen LogP contribution in [0.2, 0.25) is 0 Å². The molecule has 2 N–H and O–H groups in total. The van der Waals surface area contributed by atoms with E-state index in [4.69, 9.17) is 0 Å². The van der Waals surface area contributed by atoms with E-state index < -0.39 is 0 Å². The van der Waals surface area contributed by atoms with E-state index in [0.29, 0.717) is 0 Å². The van der Waals surface area contributed by atoms with Gasteiger partial charge in [0.25, 0.3) is 0 Å². The van der Waals surface area contributed by atoms with Crippen LogP contribution >= 0.6 is 24.0 Å². The molecule has 0 saturated carbocycles. The first-order chi connectivity index (χ1) is 9.83. The lowest BCUT2D eigenvalue weighted by atomic mass is 10.3. The number of pyridine rings is 1. The van der Waals surface area contributed by atoms with Gasteiger partial charge in [0.1, 0.15) is 5.82 Å². The molecule has 1 aliphatic rings. The largest absolute Gasteiger partial charge is 0.357 e. The van der Waals surface area contributed by atoms with E-state index in [1.54, 1.807) is 7.05 Å². The van der Waals surface area contributed by atoms with Gasteiger partial charge in [-0.3, -0.25) is 4.99 Å². The molecule has 0 spiro atoms. The van der Waals surface area contributed by atoms with Gasteiger partial charge in [0.05, 0.1) is 0 Å². The molecule has 6 heteroatoms. The molecule has 0 radical (unpaired) electrons. The second kappa shape index (κ2) is 9.81. The maximum absolute atomic E-state index is 4.55. The fraction of sp³-hybridized carbons (Fsp3) is 0.600. The predicted molar refractivity (Wildman–Crippen MR) is 99.6 cm³/mol. The van der Waals surface area contributed by atoms with Crippen molar-refractivity contribution in [2.24, 2.45) is 4.99 Å². The summed E-state index contributed by atoms with van der Waals surface area (Å²) < 4.78 is 0. The SMILES string of the molecule is CCCNC(=NC)NCc1ccc(N2CCCC2)nc1.I. The summed E-state index contributed by atoms with van der Waals surface area (Å²) >= 11 is 0. The van der Waals surface area contributed by atoms with Gasteiger partial charge in [0.15, 0.2) is 5.96 Å². The molecule has 2 rings (SSSR count). The number of nitrogens with one attached hydrogen (secondary N) is 2. The molecular formula is C15H26IN5. The van der Waals surface area contributed by atoms with Gasteiger partial charge in [-0.05, 0) is 30.9 Å². The Morgan fingerprint density at radius 3 is 2.62 bits per heavy atom. The average Bonchev–Trinajstić information content (AvgIpc) is 3.02. The predicted octanol–water partition coefficient (Wildman–Crippen LogP) is 2.37. The highest BCUT2D eigenvalue weighted by Gasteiger charge is 2.12. The standard InChI is InChI=1S/C15H25N5.HI/c1-3-8-17-15(16-2)19-12-13-6-7-14(18-11-13)20-9-4-5-10-20;/h6-7,11H,3-5,8-10,12H2,1-2H3,(H2,16,17,19);1H. The molecule has 1 saturated heterocycles. The summed E-state index contributed by atoms with van der Waals surface area (Å²) in [5, 5.41) is 6.55. The lowest BCUT2D eigenvalue weighted by Crippen LogP contribution is -2.37. The van der Waals surface area contributed by atoms with Crippen LogP contribution in [-0.4, -0.2) is 37.6 Å². The molecule has 1 aromatic rings. The van der Waals surface area contributed by atoms with Gasteiger partial charge in [-0.2, -0.15) is 0 Å². The molecular weight excluding hydrogens is 377 g/mol. The molecule has 0 unspecified atom stereocenters. The van der Waals surface area contributed by atoms with E-state index in [0.717, 1.165) is 44.4 Å². The number of aliphatic imine (C=N–C) groups is 1. The number of hydrogen-bond acceptors (Lipinski definition) is 3. The Morgan fingerprint density at radius 1 is 1.29 bits per heavy atom. The molecule has 0 aliphatic carbocycles. The van der Waals surface area contributed by atoms with Gasteiger partial charge in [-0.15, -0.1) is 24.0 Å². The summed E-state index contributed by atoms with van der Waals surface area (Å²) in [6.45, 7) is 6.10. The normalized spacial score (nSPS) is 14.8. The van der Waals surface area contributed by atoms with E-state index in [1.807, 2.05) is 6.20 Å². The zero-order chi connectivity index (χ0) is 14.2. The van der Waals surface area contributed by atoms with Crippen molar-refractivity contribution in [3.05, 3.63) is 23.9 Å². The number of halogens is 1. The van der Waals surface area contributed by atoms with Gasteiger partial charge in [0, 0.05) is 39.4 Å². The molecule has 1 fully saturated rings. The highest BCUT2D eigenvalue weighted by atomic mass is 127. The van der Waals surface area contributed by atoms with Crippen LogP contribution in [-0.2, 0) is 6.54 Å². The molecule has 5 nitrogen and oxygen atoms in total. The molecule has 0 atom stereocenters. The van der Waals surface area contributed by atoms with E-state index in [2.05, 4.69) is 44.6 Å². The van der Waals surface area contributed by atoms with Crippen LogP contribution in [0.5, 0.6) is 0 Å². The van der Waals surface area contributed by atoms with Crippen molar-refractivity contribution < 1.29 is 0 Å². The lowest BCUT2D eigenvalue weighted by molar-refractivity contribution is 0.780. The summed E-state index contributed by atoms with van der Waals surface area (Å²) in [4.78, 5) is 11.1. The molecule has 0 amide bonds. The lowest BCUT2D eigenvalue weighted by Gasteiger charge is -2.16. The van der Waals surface area contributed by atoms with Crippen LogP contribution in [0.4, 0.5) is 5.82 Å². The second-order valence-electron chi connectivity index (χ2n) is 5.07. The van der Waals surface area contributed by atoms with Crippen LogP contribution in [0, 0.1) is 0 Å². The molecule has 2 heterocycles. The first-order valence-electron chi connectivity index (χ1n) is 7.48. The van der Waals surface area contributed by atoms with Crippen molar-refractivity contribution in [1.29, 1.82) is 0 Å². The molecule has 21 heavy (non-hydrogen) atoms. The minimum Gasteiger partial charge on any atom is -0.357 e. The maximum Gasteiger partial charge on any atom is 0.191 e. The molecule has 0 aromatic carbocycles. The van der Waals surface area contributed by atoms with E-state index in [9.17, 15) is 0 Å². The Kier molecular flexibility index (Phi) is 8.41. The van der Waals surface area contributed by atoms with E-state index in [-0.39, 0.29) is 24.0 Å². The Hall–Kier alpha value is -1.05. The zero-order valence-corrected chi connectivity index (χ0v) is 15.3. The van der Waals surface area contributed by atoms with Gasteiger partial charge in [-0.25, -0.2) is 4.98 Å². The first-order valence-corrected chi connectivity index (χ1v) is 7.48. The number of anilines is 1. The minimum atomic E-state index is 0. The number of nitrogens with zero attached hydrogens (tertiary/aromatic N) is 3. The van der Waals surface area contributed by atoms with Crippen molar-refractivity contribution in [1.82, 2.24) is 15.6 Å². The molecule has 118 valence electrons. The van der Waals surface area contributed by atoms with Crippen LogP contribution in [0.1, 0.15) is 31.7 Å². The van der Waals surface area contributed by atoms with Crippen LogP contribution in [0.15, 0.2) is 23.3 Å². The molecule has 1 aliphatic heterocycles. The van der Waals surface area contributed by atoms with Crippen molar-refractivity contribution in [3.63, 3.8) is 0 Å². The van der Waals surface area contributed by atoms with E-state index in [1.165, 1.54) is 18.4 Å². The van der Waals surface area contributed by atoms with Gasteiger partial charge >= 0.3 is 0 Å². The Balaban J connectivity index is 0.00000220. The fourth-order valence-corrected chi connectivity index (χ4v) is 2.30. The Labute approximate surface area is 144 Å². The highest BCUT2D eigenvalue weighted by Crippen LogP contribution is 2.17. The number of rotatable bonds is 5. The molecule has 0 bridgehead atoms. The summed E-state index contributed by atoms with van der Waals surface area (Å²) in [5.74, 6) is 1.94. The van der Waals surface area contributed by atoms with Crippen LogP contribution in [0.3, 0.4) is 0 Å². The summed E-state index contributed by atoms with van der Waals surface area (Å²) in [6, 6.07) is 4.26. The first kappa shape index (κ1) is 18.0. The van der Waals surface area contributed by atoms with Gasteiger partial charge in [0.2, 0.25) is 0 Å². The average molecular weight is 403 g/mol. The third kappa shape index (κ3) is 5.68. The summed E-state index contributed by atoms with van der Waals surface area (Å²) in [6.07, 6.45) is 5.61. The smallest absolute Gasteiger partial charge is 0.191 e. The zero-order valence-electron chi connectivity index (χ0n) is 12.9. The Morgan fingerprint density at radius 2 is 2.05 bits per heavy atom. The number of hydrogen-bond donors (Lipinski definition) is 2. The van der Waals surface area contributed by atoms with E-state index >= 15 is 0 Å². The third-order valence-corrected chi connectivity index (χ3v) is 3.47. The molecule has 1 aromatic heterocycles. The van der Waals surface area contributed by atoms with Crippen LogP contribution in [0.25, 0.3) is 0 Å². The second-order valence-corrected chi connectivity index (χ2v) is 5.07. The monoisotopic (exact) mass is 403 g/mol. The Bertz CT molecular complexity index is 426.